The van der Waals surface area contributed by atoms with Gasteiger partial charge in [0.15, 0.2) is 11.5 Å². The fraction of sp³-hybridized carbons (Fsp3) is 0.269. The van der Waals surface area contributed by atoms with Crippen LogP contribution >= 0.6 is 0 Å². The molecular formula is C26H28N4O6. The van der Waals surface area contributed by atoms with Crippen LogP contribution in [0.2, 0.25) is 0 Å². The fourth-order valence-corrected chi connectivity index (χ4v) is 3.81. The number of methoxy groups -OCH3 is 2. The van der Waals surface area contributed by atoms with Crippen LogP contribution in [0.5, 0.6) is 5.75 Å². The first-order valence-corrected chi connectivity index (χ1v) is 11.5. The summed E-state index contributed by atoms with van der Waals surface area (Å²) in [6.45, 7) is 3.76. The van der Waals surface area contributed by atoms with E-state index in [2.05, 4.69) is 15.6 Å². The Bertz CT molecular complexity index is 1330. The predicted octanol–water partition coefficient (Wildman–Crippen LogP) is 4.33. The van der Waals surface area contributed by atoms with Crippen molar-refractivity contribution in [2.24, 2.45) is 0 Å². The topological polar surface area (TPSA) is 117 Å². The van der Waals surface area contributed by atoms with Gasteiger partial charge in [-0.3, -0.25) is 4.79 Å². The van der Waals surface area contributed by atoms with Gasteiger partial charge in [0.2, 0.25) is 0 Å². The molecule has 0 unspecified atom stereocenters. The predicted molar refractivity (Wildman–Crippen MR) is 135 cm³/mol. The molecule has 0 spiro atoms. The van der Waals surface area contributed by atoms with Crippen LogP contribution in [0.25, 0.3) is 11.0 Å². The van der Waals surface area contributed by atoms with Crippen molar-refractivity contribution in [1.29, 1.82) is 0 Å². The van der Waals surface area contributed by atoms with Crippen molar-refractivity contribution in [3.05, 3.63) is 71.9 Å². The molecule has 1 aromatic carbocycles. The first kappa shape index (κ1) is 24.8. The number of carbonyl (C=O) groups is 2. The highest BCUT2D eigenvalue weighted by atomic mass is 16.5. The normalized spacial score (nSPS) is 10.9. The average Bonchev–Trinajstić information content (AvgIpc) is 3.54. The molecule has 0 aliphatic carbocycles. The van der Waals surface area contributed by atoms with Crippen molar-refractivity contribution in [1.82, 2.24) is 9.55 Å². The zero-order chi connectivity index (χ0) is 25.5. The number of aromatic nitrogens is 2. The molecule has 36 heavy (non-hydrogen) atoms. The van der Waals surface area contributed by atoms with Crippen molar-refractivity contribution in [2.45, 2.75) is 20.0 Å². The van der Waals surface area contributed by atoms with Gasteiger partial charge in [0.25, 0.3) is 5.91 Å². The van der Waals surface area contributed by atoms with Crippen LogP contribution in [0.3, 0.4) is 0 Å². The van der Waals surface area contributed by atoms with Crippen LogP contribution in [0.4, 0.5) is 11.4 Å². The largest absolute Gasteiger partial charge is 0.494 e. The number of fused-ring (bicyclic) bond motifs is 1. The average molecular weight is 493 g/mol. The van der Waals surface area contributed by atoms with E-state index in [9.17, 15) is 9.59 Å². The summed E-state index contributed by atoms with van der Waals surface area (Å²) in [5, 5.41) is 6.73. The maximum atomic E-state index is 12.8. The lowest BCUT2D eigenvalue weighted by molar-refractivity contribution is 0.0588. The van der Waals surface area contributed by atoms with Gasteiger partial charge >= 0.3 is 5.97 Å². The second-order valence-electron chi connectivity index (χ2n) is 7.82. The van der Waals surface area contributed by atoms with Crippen molar-refractivity contribution >= 4 is 34.3 Å². The number of benzene rings is 1. The Morgan fingerprint density at radius 2 is 1.94 bits per heavy atom. The molecular weight excluding hydrogens is 464 g/mol. The summed E-state index contributed by atoms with van der Waals surface area (Å²) < 4.78 is 22.6. The van der Waals surface area contributed by atoms with E-state index in [-0.39, 0.29) is 17.1 Å². The van der Waals surface area contributed by atoms with E-state index in [1.165, 1.54) is 13.4 Å². The molecule has 3 aromatic heterocycles. The highest BCUT2D eigenvalue weighted by molar-refractivity contribution is 6.14. The maximum absolute atomic E-state index is 12.8. The summed E-state index contributed by atoms with van der Waals surface area (Å²) in [7, 11) is 2.86. The zero-order valence-corrected chi connectivity index (χ0v) is 20.4. The second-order valence-corrected chi connectivity index (χ2v) is 7.82. The molecule has 1 amide bonds. The highest BCUT2D eigenvalue weighted by Gasteiger charge is 2.27. The first-order valence-electron chi connectivity index (χ1n) is 11.5. The molecule has 2 N–H and O–H groups in total. The lowest BCUT2D eigenvalue weighted by Crippen LogP contribution is -2.18. The molecule has 0 aliphatic rings. The van der Waals surface area contributed by atoms with Crippen LogP contribution < -0.4 is 15.4 Å². The van der Waals surface area contributed by atoms with Gasteiger partial charge in [0.05, 0.1) is 44.2 Å². The molecule has 0 atom stereocenters. The highest BCUT2D eigenvalue weighted by Crippen LogP contribution is 2.33. The molecule has 0 saturated heterocycles. The molecule has 10 heteroatoms. The molecule has 0 aliphatic heterocycles. The van der Waals surface area contributed by atoms with Gasteiger partial charge in [-0.2, -0.15) is 0 Å². The molecule has 4 aromatic rings. The first-order chi connectivity index (χ1) is 17.5. The summed E-state index contributed by atoms with van der Waals surface area (Å²) in [5.74, 6) is -0.179. The van der Waals surface area contributed by atoms with Crippen LogP contribution in [0.1, 0.15) is 33.5 Å². The van der Waals surface area contributed by atoms with Gasteiger partial charge < -0.3 is 33.8 Å². The van der Waals surface area contributed by atoms with E-state index in [1.807, 2.05) is 37.3 Å². The number of nitrogens with zero attached hydrogens (tertiary/aromatic N) is 2. The third kappa shape index (κ3) is 5.33. The van der Waals surface area contributed by atoms with Crippen molar-refractivity contribution in [3.63, 3.8) is 0 Å². The standard InChI is InChI=1S/C26H28N4O6/c1-4-35-19-9-7-17(8-10-19)15-27-18-14-20-22(29-25(31)21-6-5-12-36-21)23(26(32)34-3)30(11-13-33-2)24(20)28-16-18/h5-10,12,14,16,27H,4,11,13,15H2,1-3H3,(H,29,31). The summed E-state index contributed by atoms with van der Waals surface area (Å²) in [6, 6.07) is 12.8. The Kier molecular flexibility index (Phi) is 7.86. The molecule has 0 saturated carbocycles. The number of nitrogens with one attached hydrogen (secondary N) is 2. The van der Waals surface area contributed by atoms with E-state index in [0.29, 0.717) is 43.0 Å². The minimum absolute atomic E-state index is 0.112. The SMILES string of the molecule is CCOc1ccc(CNc2cnc3c(c2)c(NC(=O)c2ccco2)c(C(=O)OC)n3CCOC)cc1. The number of furan rings is 1. The Balaban J connectivity index is 1.70. The van der Waals surface area contributed by atoms with E-state index in [4.69, 9.17) is 18.6 Å². The third-order valence-electron chi connectivity index (χ3n) is 5.51. The minimum atomic E-state index is -0.609. The van der Waals surface area contributed by atoms with Crippen molar-refractivity contribution in [3.8, 4) is 5.75 Å². The number of carbonyl (C=O) groups excluding carboxylic acids is 2. The van der Waals surface area contributed by atoms with E-state index >= 15 is 0 Å². The third-order valence-corrected chi connectivity index (χ3v) is 5.51. The zero-order valence-electron chi connectivity index (χ0n) is 20.4. The summed E-state index contributed by atoms with van der Waals surface area (Å²) >= 11 is 0. The van der Waals surface area contributed by atoms with Gasteiger partial charge in [-0.1, -0.05) is 12.1 Å². The number of pyridine rings is 1. The van der Waals surface area contributed by atoms with Crippen LogP contribution in [0.15, 0.2) is 59.3 Å². The number of amides is 1. The van der Waals surface area contributed by atoms with Gasteiger partial charge in [0.1, 0.15) is 11.4 Å². The Morgan fingerprint density at radius 1 is 1.14 bits per heavy atom. The molecule has 188 valence electrons. The lowest BCUT2D eigenvalue weighted by atomic mass is 10.2. The maximum Gasteiger partial charge on any atom is 0.356 e. The van der Waals surface area contributed by atoms with E-state index in [1.54, 1.807) is 30.0 Å². The van der Waals surface area contributed by atoms with E-state index in [0.717, 1.165) is 11.3 Å². The second kappa shape index (κ2) is 11.4. The molecule has 4 rings (SSSR count). The summed E-state index contributed by atoms with van der Waals surface area (Å²) in [5.41, 5.74) is 2.73. The number of esters is 1. The van der Waals surface area contributed by atoms with Gasteiger partial charge in [-0.15, -0.1) is 0 Å². The quantitative estimate of drug-likeness (QED) is 0.297. The molecule has 3 heterocycles. The molecule has 10 nitrogen and oxygen atoms in total. The monoisotopic (exact) mass is 492 g/mol. The number of ether oxygens (including phenoxy) is 3. The molecule has 0 radical (unpaired) electrons. The smallest absolute Gasteiger partial charge is 0.356 e. The van der Waals surface area contributed by atoms with E-state index < -0.39 is 11.9 Å². The van der Waals surface area contributed by atoms with Crippen LogP contribution in [0, 0.1) is 0 Å². The van der Waals surface area contributed by atoms with Crippen molar-refractivity contribution in [2.75, 3.05) is 38.1 Å². The summed E-state index contributed by atoms with van der Waals surface area (Å²) in [6.07, 6.45) is 3.09. The van der Waals surface area contributed by atoms with Crippen LogP contribution in [-0.2, 0) is 22.6 Å². The minimum Gasteiger partial charge on any atom is -0.494 e. The Morgan fingerprint density at radius 3 is 2.61 bits per heavy atom. The lowest BCUT2D eigenvalue weighted by Gasteiger charge is -2.10. The molecule has 0 fully saturated rings. The molecule has 0 bridgehead atoms. The summed E-state index contributed by atoms with van der Waals surface area (Å²) in [4.78, 5) is 30.2. The van der Waals surface area contributed by atoms with Crippen molar-refractivity contribution < 1.29 is 28.2 Å². The number of rotatable bonds is 11. The number of hydrogen-bond donors (Lipinski definition) is 2. The van der Waals surface area contributed by atoms with Gasteiger partial charge in [-0.25, -0.2) is 9.78 Å². The Hall–Kier alpha value is -4.31. The van der Waals surface area contributed by atoms with Gasteiger partial charge in [-0.05, 0) is 42.8 Å². The number of hydrogen-bond acceptors (Lipinski definition) is 8. The van der Waals surface area contributed by atoms with Gasteiger partial charge in [0, 0.05) is 25.6 Å². The Labute approximate surface area is 208 Å². The fourth-order valence-electron chi connectivity index (χ4n) is 3.81. The van der Waals surface area contributed by atoms with Crippen LogP contribution in [-0.4, -0.2) is 48.9 Å². The number of anilines is 2.